The van der Waals surface area contributed by atoms with E-state index in [0.29, 0.717) is 11.1 Å². The number of H-pyrrole nitrogens is 1. The highest BCUT2D eigenvalue weighted by atomic mass is 16.4. The summed E-state index contributed by atoms with van der Waals surface area (Å²) in [4.78, 5) is 6.89. The van der Waals surface area contributed by atoms with Gasteiger partial charge in [-0.3, -0.25) is 0 Å². The van der Waals surface area contributed by atoms with Crippen molar-refractivity contribution < 1.29 is 10.0 Å². The van der Waals surface area contributed by atoms with Gasteiger partial charge in [0.25, 0.3) is 0 Å². The molecule has 0 saturated heterocycles. The minimum atomic E-state index is -1.44. The Morgan fingerprint density at radius 1 is 1.33 bits per heavy atom. The van der Waals surface area contributed by atoms with Crippen LogP contribution in [-0.2, 0) is 0 Å². The fraction of sp³-hybridized carbons (Fsp3) is 0. The van der Waals surface area contributed by atoms with Crippen LogP contribution in [0.1, 0.15) is 0 Å². The van der Waals surface area contributed by atoms with Gasteiger partial charge in [-0.1, -0.05) is 0 Å². The molecule has 2 heterocycles. The highest BCUT2D eigenvalue weighted by Crippen LogP contribution is 2.05. The molecule has 0 fully saturated rings. The third kappa shape index (κ3) is 0.994. The van der Waals surface area contributed by atoms with Crippen LogP contribution in [0.4, 0.5) is 0 Å². The zero-order valence-electron chi connectivity index (χ0n) is 6.23. The normalized spacial score (nSPS) is 10.5. The Kier molecular flexibility index (Phi) is 1.60. The molecular weight excluding hydrogens is 155 g/mol. The van der Waals surface area contributed by atoms with Crippen LogP contribution in [0.5, 0.6) is 0 Å². The third-order valence-corrected chi connectivity index (χ3v) is 1.77. The van der Waals surface area contributed by atoms with Gasteiger partial charge in [0.1, 0.15) is 5.65 Å². The predicted molar refractivity (Wildman–Crippen MR) is 45.9 cm³/mol. The lowest BCUT2D eigenvalue weighted by atomic mass is 9.79. The molecule has 0 atom stereocenters. The van der Waals surface area contributed by atoms with Crippen molar-refractivity contribution in [3.05, 3.63) is 24.5 Å². The minimum Gasteiger partial charge on any atom is -0.423 e. The fourth-order valence-corrected chi connectivity index (χ4v) is 1.21. The first-order valence-electron chi connectivity index (χ1n) is 3.57. The largest absolute Gasteiger partial charge is 0.489 e. The fourth-order valence-electron chi connectivity index (χ4n) is 1.21. The second-order valence-corrected chi connectivity index (χ2v) is 2.51. The number of fused-ring (bicyclic) bond motifs is 1. The van der Waals surface area contributed by atoms with Gasteiger partial charge in [-0.25, -0.2) is 4.98 Å². The summed E-state index contributed by atoms with van der Waals surface area (Å²) >= 11 is 0. The summed E-state index contributed by atoms with van der Waals surface area (Å²) in [6.07, 6.45) is 3.25. The van der Waals surface area contributed by atoms with E-state index in [9.17, 15) is 0 Å². The van der Waals surface area contributed by atoms with E-state index >= 15 is 0 Å². The molecule has 5 heteroatoms. The Hall–Kier alpha value is -1.33. The lowest BCUT2D eigenvalue weighted by molar-refractivity contribution is 0.426. The molecule has 0 unspecified atom stereocenters. The summed E-state index contributed by atoms with van der Waals surface area (Å²) in [5.41, 5.74) is 1.14. The predicted octanol–water partition coefficient (Wildman–Crippen LogP) is -0.757. The van der Waals surface area contributed by atoms with Crippen molar-refractivity contribution >= 4 is 23.6 Å². The molecule has 2 aromatic heterocycles. The molecule has 3 N–H and O–H groups in total. The molecule has 0 saturated carbocycles. The van der Waals surface area contributed by atoms with Gasteiger partial charge in [0.15, 0.2) is 0 Å². The van der Waals surface area contributed by atoms with Crippen LogP contribution >= 0.6 is 0 Å². The second kappa shape index (κ2) is 2.62. The monoisotopic (exact) mass is 162 g/mol. The van der Waals surface area contributed by atoms with Crippen LogP contribution in [-0.4, -0.2) is 27.1 Å². The summed E-state index contributed by atoms with van der Waals surface area (Å²) in [6.45, 7) is 0. The summed E-state index contributed by atoms with van der Waals surface area (Å²) in [5.74, 6) is 0. The maximum atomic E-state index is 8.95. The van der Waals surface area contributed by atoms with Crippen molar-refractivity contribution in [2.45, 2.75) is 0 Å². The van der Waals surface area contributed by atoms with E-state index in [0.717, 1.165) is 5.39 Å². The summed E-state index contributed by atoms with van der Waals surface area (Å²) in [7, 11) is -1.44. The summed E-state index contributed by atoms with van der Waals surface area (Å²) in [5, 5.41) is 18.7. The molecule has 2 rings (SSSR count). The van der Waals surface area contributed by atoms with Gasteiger partial charge < -0.3 is 15.0 Å². The highest BCUT2D eigenvalue weighted by molar-refractivity contribution is 6.61. The number of hydrogen-bond donors (Lipinski definition) is 3. The smallest absolute Gasteiger partial charge is 0.423 e. The van der Waals surface area contributed by atoms with Crippen LogP contribution in [0.3, 0.4) is 0 Å². The van der Waals surface area contributed by atoms with Crippen molar-refractivity contribution in [1.29, 1.82) is 0 Å². The minimum absolute atomic E-state index is 0.473. The first-order chi connectivity index (χ1) is 5.79. The number of aromatic amines is 1. The quantitative estimate of drug-likeness (QED) is 0.483. The molecule has 0 aromatic carbocycles. The number of nitrogens with zero attached hydrogens (tertiary/aromatic N) is 1. The molecule has 2 aromatic rings. The van der Waals surface area contributed by atoms with E-state index in [2.05, 4.69) is 9.97 Å². The van der Waals surface area contributed by atoms with E-state index in [1.54, 1.807) is 18.3 Å². The van der Waals surface area contributed by atoms with E-state index in [4.69, 9.17) is 10.0 Å². The Morgan fingerprint density at radius 2 is 2.17 bits per heavy atom. The molecule has 0 amide bonds. The van der Waals surface area contributed by atoms with Crippen LogP contribution in [0.2, 0.25) is 0 Å². The molecule has 0 radical (unpaired) electrons. The van der Waals surface area contributed by atoms with Gasteiger partial charge in [-0.05, 0) is 17.6 Å². The first-order valence-corrected chi connectivity index (χ1v) is 3.57. The SMILES string of the molecule is OB(O)c1ccnc2[nH]ccc12. The maximum absolute atomic E-state index is 8.95. The van der Waals surface area contributed by atoms with Crippen LogP contribution < -0.4 is 5.46 Å². The van der Waals surface area contributed by atoms with Gasteiger partial charge in [-0.2, -0.15) is 0 Å². The van der Waals surface area contributed by atoms with E-state index in [1.165, 1.54) is 6.20 Å². The van der Waals surface area contributed by atoms with Crippen molar-refractivity contribution in [1.82, 2.24) is 9.97 Å². The maximum Gasteiger partial charge on any atom is 0.489 e. The summed E-state index contributed by atoms with van der Waals surface area (Å²) < 4.78 is 0. The molecule has 0 spiro atoms. The second-order valence-electron chi connectivity index (χ2n) is 2.51. The highest BCUT2D eigenvalue weighted by Gasteiger charge is 2.14. The van der Waals surface area contributed by atoms with Crippen molar-refractivity contribution in [3.8, 4) is 0 Å². The molecule has 0 bridgehead atoms. The molecule has 12 heavy (non-hydrogen) atoms. The topological polar surface area (TPSA) is 69.1 Å². The van der Waals surface area contributed by atoms with E-state index in [-0.39, 0.29) is 0 Å². The number of hydrogen-bond acceptors (Lipinski definition) is 3. The van der Waals surface area contributed by atoms with Crippen LogP contribution in [0.25, 0.3) is 11.0 Å². The third-order valence-electron chi connectivity index (χ3n) is 1.77. The summed E-state index contributed by atoms with van der Waals surface area (Å²) in [6, 6.07) is 3.35. The van der Waals surface area contributed by atoms with Gasteiger partial charge in [0, 0.05) is 17.8 Å². The van der Waals surface area contributed by atoms with E-state index < -0.39 is 7.12 Å². The molecule has 0 aliphatic carbocycles. The lowest BCUT2D eigenvalue weighted by Crippen LogP contribution is -2.30. The number of rotatable bonds is 1. The molecule has 4 nitrogen and oxygen atoms in total. The molecular formula is C7H7BN2O2. The Bertz CT molecular complexity index is 399. The number of pyridine rings is 1. The zero-order chi connectivity index (χ0) is 8.55. The van der Waals surface area contributed by atoms with Crippen molar-refractivity contribution in [3.63, 3.8) is 0 Å². The molecule has 60 valence electrons. The Labute approximate surface area is 69.0 Å². The lowest BCUT2D eigenvalue weighted by Gasteiger charge is -1.98. The number of nitrogens with one attached hydrogen (secondary N) is 1. The molecule has 0 aliphatic rings. The molecule has 0 aliphatic heterocycles. The van der Waals surface area contributed by atoms with Crippen LogP contribution in [0, 0.1) is 0 Å². The van der Waals surface area contributed by atoms with E-state index in [1.807, 2.05) is 0 Å². The Balaban J connectivity index is 2.73. The average Bonchev–Trinajstić information content (AvgIpc) is 2.49. The average molecular weight is 162 g/mol. The zero-order valence-corrected chi connectivity index (χ0v) is 6.23. The first kappa shape index (κ1) is 7.33. The Morgan fingerprint density at radius 3 is 2.92 bits per heavy atom. The van der Waals surface area contributed by atoms with Gasteiger partial charge >= 0.3 is 7.12 Å². The van der Waals surface area contributed by atoms with Gasteiger partial charge in [0.05, 0.1) is 0 Å². The van der Waals surface area contributed by atoms with Gasteiger partial charge in [0.2, 0.25) is 0 Å². The van der Waals surface area contributed by atoms with Crippen LogP contribution in [0.15, 0.2) is 24.5 Å². The standard InChI is InChI=1S/C7H7BN2O2/c11-8(12)6-2-4-10-7-5(6)1-3-9-7/h1-4,11-12H,(H,9,10). The van der Waals surface area contributed by atoms with Crippen molar-refractivity contribution in [2.24, 2.45) is 0 Å². The number of aromatic nitrogens is 2. The van der Waals surface area contributed by atoms with Gasteiger partial charge in [-0.15, -0.1) is 0 Å². The van der Waals surface area contributed by atoms with Crippen molar-refractivity contribution in [2.75, 3.05) is 0 Å².